The number of rotatable bonds is 5. The van der Waals surface area contributed by atoms with E-state index < -0.39 is 5.97 Å². The van der Waals surface area contributed by atoms with E-state index >= 15 is 0 Å². The molecule has 1 heterocycles. The standard InChI is InChI=1S/C15H22N4O3/c1-12(20)22-14-4-2-3-13(11-14)18-15(21)17-7-10-19-8-5-16-6-9-19/h2-4,11,16H,5-10H2,1H3,(H2,17,18,21). The van der Waals surface area contributed by atoms with E-state index in [0.717, 1.165) is 32.7 Å². The van der Waals surface area contributed by atoms with Crippen LogP contribution in [0.3, 0.4) is 0 Å². The Balaban J connectivity index is 1.73. The Morgan fingerprint density at radius 1 is 1.32 bits per heavy atom. The zero-order valence-corrected chi connectivity index (χ0v) is 12.7. The number of nitrogens with zero attached hydrogens (tertiary/aromatic N) is 1. The van der Waals surface area contributed by atoms with Crippen LogP contribution in [0, 0.1) is 0 Å². The highest BCUT2D eigenvalue weighted by molar-refractivity contribution is 5.89. The smallest absolute Gasteiger partial charge is 0.319 e. The van der Waals surface area contributed by atoms with E-state index in [-0.39, 0.29) is 6.03 Å². The molecule has 0 aliphatic carbocycles. The van der Waals surface area contributed by atoms with Crippen molar-refractivity contribution in [2.45, 2.75) is 6.92 Å². The van der Waals surface area contributed by atoms with Crippen molar-refractivity contribution in [3.63, 3.8) is 0 Å². The molecule has 3 N–H and O–H groups in total. The fourth-order valence-electron chi connectivity index (χ4n) is 2.24. The number of carbonyl (C=O) groups excluding carboxylic acids is 2. The Kier molecular flexibility index (Phi) is 6.17. The van der Waals surface area contributed by atoms with Crippen LogP contribution in [0.2, 0.25) is 0 Å². The molecule has 0 atom stereocenters. The van der Waals surface area contributed by atoms with E-state index in [1.165, 1.54) is 6.92 Å². The highest BCUT2D eigenvalue weighted by atomic mass is 16.5. The summed E-state index contributed by atoms with van der Waals surface area (Å²) < 4.78 is 4.97. The van der Waals surface area contributed by atoms with Gasteiger partial charge in [-0.05, 0) is 12.1 Å². The topological polar surface area (TPSA) is 82.7 Å². The van der Waals surface area contributed by atoms with Crippen molar-refractivity contribution in [3.05, 3.63) is 24.3 Å². The predicted octanol–water partition coefficient (Wildman–Crippen LogP) is 0.639. The lowest BCUT2D eigenvalue weighted by Crippen LogP contribution is -2.46. The number of nitrogens with one attached hydrogen (secondary N) is 3. The average Bonchev–Trinajstić information content (AvgIpc) is 2.48. The molecule has 2 rings (SSSR count). The number of amides is 2. The van der Waals surface area contributed by atoms with Crippen molar-refractivity contribution in [2.24, 2.45) is 0 Å². The highest BCUT2D eigenvalue weighted by Gasteiger charge is 2.09. The molecule has 7 heteroatoms. The first kappa shape index (κ1) is 16.3. The summed E-state index contributed by atoms with van der Waals surface area (Å²) in [6.45, 7) is 6.77. The minimum absolute atomic E-state index is 0.268. The molecule has 1 saturated heterocycles. The number of ether oxygens (including phenoxy) is 1. The van der Waals surface area contributed by atoms with Crippen LogP contribution in [-0.2, 0) is 4.79 Å². The maximum absolute atomic E-state index is 11.8. The summed E-state index contributed by atoms with van der Waals surface area (Å²) in [5, 5.41) is 8.83. The molecule has 0 spiro atoms. The molecule has 22 heavy (non-hydrogen) atoms. The van der Waals surface area contributed by atoms with Gasteiger partial charge in [0.15, 0.2) is 0 Å². The minimum atomic E-state index is -0.391. The molecule has 1 aliphatic rings. The SMILES string of the molecule is CC(=O)Oc1cccc(NC(=O)NCCN2CCNCC2)c1. The van der Waals surface area contributed by atoms with Gasteiger partial charge in [0.25, 0.3) is 0 Å². The van der Waals surface area contributed by atoms with Gasteiger partial charge in [-0.3, -0.25) is 9.69 Å². The molecule has 7 nitrogen and oxygen atoms in total. The van der Waals surface area contributed by atoms with E-state index in [1.54, 1.807) is 24.3 Å². The zero-order chi connectivity index (χ0) is 15.8. The number of urea groups is 1. The Hall–Kier alpha value is -2.12. The monoisotopic (exact) mass is 306 g/mol. The zero-order valence-electron chi connectivity index (χ0n) is 12.7. The highest BCUT2D eigenvalue weighted by Crippen LogP contribution is 2.17. The van der Waals surface area contributed by atoms with Gasteiger partial charge in [0.1, 0.15) is 5.75 Å². The van der Waals surface area contributed by atoms with Gasteiger partial charge < -0.3 is 20.7 Å². The summed E-state index contributed by atoms with van der Waals surface area (Å²) in [6, 6.07) is 6.46. The number of carbonyl (C=O) groups is 2. The number of anilines is 1. The van der Waals surface area contributed by atoms with Gasteiger partial charge in [0.2, 0.25) is 0 Å². The molecule has 1 aliphatic heterocycles. The molecular weight excluding hydrogens is 284 g/mol. The van der Waals surface area contributed by atoms with Gasteiger partial charge >= 0.3 is 12.0 Å². The van der Waals surface area contributed by atoms with Crippen LogP contribution in [-0.4, -0.2) is 56.2 Å². The quantitative estimate of drug-likeness (QED) is 0.549. The lowest BCUT2D eigenvalue weighted by atomic mass is 10.3. The molecule has 120 valence electrons. The second kappa shape index (κ2) is 8.35. The van der Waals surface area contributed by atoms with Crippen molar-refractivity contribution in [3.8, 4) is 5.75 Å². The number of piperazine rings is 1. The number of benzene rings is 1. The maximum Gasteiger partial charge on any atom is 0.319 e. The molecule has 1 aromatic rings. The van der Waals surface area contributed by atoms with Crippen LogP contribution in [0.25, 0.3) is 0 Å². The number of hydrogen-bond acceptors (Lipinski definition) is 5. The van der Waals surface area contributed by atoms with Crippen LogP contribution in [0.1, 0.15) is 6.92 Å². The molecule has 0 unspecified atom stereocenters. The summed E-state index contributed by atoms with van der Waals surface area (Å²) in [7, 11) is 0. The van der Waals surface area contributed by atoms with Gasteiger partial charge in [-0.25, -0.2) is 4.79 Å². The Morgan fingerprint density at radius 2 is 2.09 bits per heavy atom. The fraction of sp³-hybridized carbons (Fsp3) is 0.467. The van der Waals surface area contributed by atoms with Crippen LogP contribution in [0.4, 0.5) is 10.5 Å². The van der Waals surface area contributed by atoms with Gasteiger partial charge in [-0.1, -0.05) is 6.07 Å². The van der Waals surface area contributed by atoms with Crippen LogP contribution >= 0.6 is 0 Å². The third-order valence-corrected chi connectivity index (χ3v) is 3.28. The van der Waals surface area contributed by atoms with E-state index in [0.29, 0.717) is 18.0 Å². The molecule has 2 amide bonds. The summed E-state index contributed by atoms with van der Waals surface area (Å²) >= 11 is 0. The van der Waals surface area contributed by atoms with Crippen molar-refractivity contribution in [1.82, 2.24) is 15.5 Å². The minimum Gasteiger partial charge on any atom is -0.427 e. The number of hydrogen-bond donors (Lipinski definition) is 3. The molecule has 1 aromatic carbocycles. The van der Waals surface area contributed by atoms with Gasteiger partial charge in [-0.2, -0.15) is 0 Å². The molecule has 0 bridgehead atoms. The predicted molar refractivity (Wildman–Crippen MR) is 84.1 cm³/mol. The van der Waals surface area contributed by atoms with Crippen molar-refractivity contribution in [1.29, 1.82) is 0 Å². The third kappa shape index (κ3) is 5.71. The summed E-state index contributed by atoms with van der Waals surface area (Å²) in [5.41, 5.74) is 0.582. The van der Waals surface area contributed by atoms with Gasteiger partial charge in [0, 0.05) is 57.9 Å². The largest absolute Gasteiger partial charge is 0.427 e. The van der Waals surface area contributed by atoms with Crippen molar-refractivity contribution >= 4 is 17.7 Å². The second-order valence-corrected chi connectivity index (χ2v) is 5.09. The van der Waals surface area contributed by atoms with Gasteiger partial charge in [-0.15, -0.1) is 0 Å². The van der Waals surface area contributed by atoms with E-state index in [9.17, 15) is 9.59 Å². The summed E-state index contributed by atoms with van der Waals surface area (Å²) in [5.74, 6) is 0.0174. The molecule has 0 saturated carbocycles. The lowest BCUT2D eigenvalue weighted by Gasteiger charge is -2.27. The van der Waals surface area contributed by atoms with E-state index in [2.05, 4.69) is 20.9 Å². The van der Waals surface area contributed by atoms with E-state index in [4.69, 9.17) is 4.74 Å². The van der Waals surface area contributed by atoms with Crippen molar-refractivity contribution < 1.29 is 14.3 Å². The molecule has 1 fully saturated rings. The van der Waals surface area contributed by atoms with Crippen LogP contribution in [0.15, 0.2) is 24.3 Å². The fourth-order valence-corrected chi connectivity index (χ4v) is 2.24. The Morgan fingerprint density at radius 3 is 2.82 bits per heavy atom. The summed E-state index contributed by atoms with van der Waals surface area (Å²) in [4.78, 5) is 25.0. The van der Waals surface area contributed by atoms with Crippen LogP contribution < -0.4 is 20.7 Å². The normalized spacial score (nSPS) is 15.1. The van der Waals surface area contributed by atoms with E-state index in [1.807, 2.05) is 0 Å². The third-order valence-electron chi connectivity index (χ3n) is 3.28. The second-order valence-electron chi connectivity index (χ2n) is 5.09. The molecular formula is C15H22N4O3. The Bertz CT molecular complexity index is 515. The lowest BCUT2D eigenvalue weighted by molar-refractivity contribution is -0.131. The first-order valence-corrected chi connectivity index (χ1v) is 7.40. The van der Waals surface area contributed by atoms with Crippen molar-refractivity contribution in [2.75, 3.05) is 44.6 Å². The molecule has 0 radical (unpaired) electrons. The maximum atomic E-state index is 11.8. The first-order chi connectivity index (χ1) is 10.6. The number of esters is 1. The summed E-state index contributed by atoms with van der Waals surface area (Å²) in [6.07, 6.45) is 0. The first-order valence-electron chi connectivity index (χ1n) is 7.40. The molecule has 0 aromatic heterocycles. The Labute approximate surface area is 130 Å². The van der Waals surface area contributed by atoms with Crippen LogP contribution in [0.5, 0.6) is 5.75 Å². The van der Waals surface area contributed by atoms with Gasteiger partial charge in [0.05, 0.1) is 0 Å². The average molecular weight is 306 g/mol.